The molecule has 6 nitrogen and oxygen atoms in total. The fourth-order valence-electron chi connectivity index (χ4n) is 2.80. The first kappa shape index (κ1) is 20.4. The molecule has 7 heteroatoms. The number of hydrazone groups is 1. The van der Waals surface area contributed by atoms with Crippen molar-refractivity contribution in [3.63, 3.8) is 0 Å². The van der Waals surface area contributed by atoms with Crippen molar-refractivity contribution in [2.75, 3.05) is 13.2 Å². The Balaban J connectivity index is 1.65. The zero-order valence-corrected chi connectivity index (χ0v) is 16.6. The van der Waals surface area contributed by atoms with Crippen LogP contribution in [0.4, 0.5) is 0 Å². The fraction of sp³-hybridized carbons (Fsp3) is 0.136. The molecule has 3 aromatic carbocycles. The van der Waals surface area contributed by atoms with Gasteiger partial charge in [-0.25, -0.2) is 5.43 Å². The lowest BCUT2D eigenvalue weighted by molar-refractivity contribution is -0.120. The first-order chi connectivity index (χ1) is 14.1. The van der Waals surface area contributed by atoms with Crippen molar-refractivity contribution < 1.29 is 14.3 Å². The molecule has 0 aliphatic heterocycles. The number of hydrogen-bond donors (Lipinski definition) is 2. The summed E-state index contributed by atoms with van der Waals surface area (Å²) in [6, 6.07) is 18.3. The molecule has 0 unspecified atom stereocenters. The number of carbonyl (C=O) groups is 2. The van der Waals surface area contributed by atoms with Gasteiger partial charge < -0.3 is 10.1 Å². The van der Waals surface area contributed by atoms with Crippen LogP contribution in [0.3, 0.4) is 0 Å². The maximum atomic E-state index is 12.1. The van der Waals surface area contributed by atoms with Gasteiger partial charge in [-0.2, -0.15) is 5.10 Å². The Morgan fingerprint density at radius 3 is 2.62 bits per heavy atom. The van der Waals surface area contributed by atoms with Crippen LogP contribution in [0.5, 0.6) is 5.75 Å². The van der Waals surface area contributed by atoms with Crippen molar-refractivity contribution in [1.29, 1.82) is 0 Å². The summed E-state index contributed by atoms with van der Waals surface area (Å²) >= 11 is 5.98. The van der Waals surface area contributed by atoms with Crippen LogP contribution in [0, 0.1) is 0 Å². The fourth-order valence-corrected chi connectivity index (χ4v) is 3.02. The van der Waals surface area contributed by atoms with E-state index < -0.39 is 11.8 Å². The minimum absolute atomic E-state index is 0.227. The van der Waals surface area contributed by atoms with Gasteiger partial charge in [-0.05, 0) is 35.9 Å². The van der Waals surface area contributed by atoms with E-state index >= 15 is 0 Å². The molecule has 0 aliphatic carbocycles. The smallest absolute Gasteiger partial charge is 0.259 e. The number of nitrogens with one attached hydrogen (secondary N) is 2. The molecule has 2 amide bonds. The highest BCUT2D eigenvalue weighted by molar-refractivity contribution is 6.33. The molecule has 0 aromatic heterocycles. The summed E-state index contributed by atoms with van der Waals surface area (Å²) in [6.45, 7) is 2.19. The highest BCUT2D eigenvalue weighted by Crippen LogP contribution is 2.26. The second kappa shape index (κ2) is 9.71. The predicted molar refractivity (Wildman–Crippen MR) is 115 cm³/mol. The van der Waals surface area contributed by atoms with E-state index in [9.17, 15) is 9.59 Å². The van der Waals surface area contributed by atoms with Gasteiger partial charge >= 0.3 is 0 Å². The molecule has 3 aromatic rings. The normalized spacial score (nSPS) is 10.8. The highest BCUT2D eigenvalue weighted by atomic mass is 35.5. The Bertz CT molecular complexity index is 1070. The van der Waals surface area contributed by atoms with E-state index in [1.807, 2.05) is 43.3 Å². The van der Waals surface area contributed by atoms with Crippen LogP contribution in [-0.2, 0) is 4.79 Å². The Morgan fingerprint density at radius 1 is 1.07 bits per heavy atom. The zero-order chi connectivity index (χ0) is 20.6. The standard InChI is InChI=1S/C22H20ClN3O3/c1-2-29-20-12-11-15-7-3-4-8-16(15)18(20)13-25-26-21(27)14-24-22(28)17-9-5-6-10-19(17)23/h3-13H,2,14H2,1H3,(H,24,28)(H,26,27). The van der Waals surface area contributed by atoms with Gasteiger partial charge in [0.25, 0.3) is 11.8 Å². The Kier molecular flexibility index (Phi) is 6.81. The lowest BCUT2D eigenvalue weighted by Crippen LogP contribution is -2.35. The second-order valence-electron chi connectivity index (χ2n) is 6.09. The van der Waals surface area contributed by atoms with Crippen molar-refractivity contribution in [3.05, 3.63) is 76.8 Å². The molecule has 0 saturated heterocycles. The third kappa shape index (κ3) is 5.12. The predicted octanol–water partition coefficient (Wildman–Crippen LogP) is 3.77. The topological polar surface area (TPSA) is 79.8 Å². The Morgan fingerprint density at radius 2 is 1.83 bits per heavy atom. The Labute approximate surface area is 173 Å². The van der Waals surface area contributed by atoms with Gasteiger partial charge in [0.15, 0.2) is 0 Å². The second-order valence-corrected chi connectivity index (χ2v) is 6.49. The van der Waals surface area contributed by atoms with E-state index in [1.165, 1.54) is 0 Å². The SMILES string of the molecule is CCOc1ccc2ccccc2c1C=NNC(=O)CNC(=O)c1ccccc1Cl. The van der Waals surface area contributed by atoms with Crippen LogP contribution in [0.15, 0.2) is 65.8 Å². The summed E-state index contributed by atoms with van der Waals surface area (Å²) in [5, 5.41) is 8.86. The minimum Gasteiger partial charge on any atom is -0.493 e. The molecule has 0 saturated carbocycles. The summed E-state index contributed by atoms with van der Waals surface area (Å²) in [6.07, 6.45) is 1.54. The monoisotopic (exact) mass is 409 g/mol. The molecule has 29 heavy (non-hydrogen) atoms. The maximum absolute atomic E-state index is 12.1. The first-order valence-corrected chi connectivity index (χ1v) is 9.47. The maximum Gasteiger partial charge on any atom is 0.259 e. The van der Waals surface area contributed by atoms with Crippen molar-refractivity contribution in [3.8, 4) is 5.75 Å². The first-order valence-electron chi connectivity index (χ1n) is 9.09. The van der Waals surface area contributed by atoms with E-state index in [-0.39, 0.29) is 6.54 Å². The number of halogens is 1. The van der Waals surface area contributed by atoms with Crippen molar-refractivity contribution in [2.24, 2.45) is 5.10 Å². The van der Waals surface area contributed by atoms with Gasteiger partial charge in [0.2, 0.25) is 0 Å². The van der Waals surface area contributed by atoms with Gasteiger partial charge in [-0.1, -0.05) is 54.1 Å². The summed E-state index contributed by atoms with van der Waals surface area (Å²) in [7, 11) is 0. The van der Waals surface area contributed by atoms with Crippen LogP contribution < -0.4 is 15.5 Å². The summed E-state index contributed by atoms with van der Waals surface area (Å²) in [5.41, 5.74) is 3.49. The molecular weight excluding hydrogens is 390 g/mol. The number of carbonyl (C=O) groups excluding carboxylic acids is 2. The molecule has 0 bridgehead atoms. The lowest BCUT2D eigenvalue weighted by atomic mass is 10.0. The van der Waals surface area contributed by atoms with E-state index in [1.54, 1.807) is 30.5 Å². The van der Waals surface area contributed by atoms with Gasteiger partial charge in [-0.15, -0.1) is 0 Å². The molecule has 148 valence electrons. The van der Waals surface area contributed by atoms with Crippen LogP contribution in [0.25, 0.3) is 10.8 Å². The van der Waals surface area contributed by atoms with Gasteiger partial charge in [0.1, 0.15) is 5.75 Å². The van der Waals surface area contributed by atoms with Crippen molar-refractivity contribution >= 4 is 40.4 Å². The van der Waals surface area contributed by atoms with E-state index in [2.05, 4.69) is 15.8 Å². The van der Waals surface area contributed by atoms with E-state index in [0.29, 0.717) is 22.9 Å². The number of hydrogen-bond acceptors (Lipinski definition) is 4. The molecule has 0 spiro atoms. The Hall–Kier alpha value is -3.38. The minimum atomic E-state index is -0.458. The van der Waals surface area contributed by atoms with Crippen molar-refractivity contribution in [1.82, 2.24) is 10.7 Å². The van der Waals surface area contributed by atoms with Gasteiger partial charge in [-0.3, -0.25) is 9.59 Å². The molecule has 0 radical (unpaired) electrons. The van der Waals surface area contributed by atoms with Crippen LogP contribution >= 0.6 is 11.6 Å². The number of benzene rings is 3. The molecule has 3 rings (SSSR count). The average Bonchev–Trinajstić information content (AvgIpc) is 2.73. The van der Waals surface area contributed by atoms with Gasteiger partial charge in [0.05, 0.1) is 30.0 Å². The third-order valence-electron chi connectivity index (χ3n) is 4.14. The number of rotatable bonds is 7. The molecule has 2 N–H and O–H groups in total. The number of nitrogens with zero attached hydrogens (tertiary/aromatic N) is 1. The van der Waals surface area contributed by atoms with E-state index in [4.69, 9.17) is 16.3 Å². The molecule has 0 heterocycles. The highest BCUT2D eigenvalue weighted by Gasteiger charge is 2.11. The third-order valence-corrected chi connectivity index (χ3v) is 4.47. The summed E-state index contributed by atoms with van der Waals surface area (Å²) in [5.74, 6) is -0.210. The van der Waals surface area contributed by atoms with Crippen molar-refractivity contribution in [2.45, 2.75) is 6.92 Å². The number of ether oxygens (including phenoxy) is 1. The average molecular weight is 410 g/mol. The van der Waals surface area contributed by atoms with Gasteiger partial charge in [0, 0.05) is 5.56 Å². The van der Waals surface area contributed by atoms with Crippen LogP contribution in [0.1, 0.15) is 22.8 Å². The largest absolute Gasteiger partial charge is 0.493 e. The molecule has 0 atom stereocenters. The number of amides is 2. The molecular formula is C22H20ClN3O3. The molecule has 0 aliphatic rings. The number of fused-ring (bicyclic) bond motifs is 1. The summed E-state index contributed by atoms with van der Waals surface area (Å²) in [4.78, 5) is 24.1. The van der Waals surface area contributed by atoms with Crippen LogP contribution in [-0.4, -0.2) is 31.2 Å². The quantitative estimate of drug-likeness (QED) is 0.460. The van der Waals surface area contributed by atoms with Crippen LogP contribution in [0.2, 0.25) is 5.02 Å². The van der Waals surface area contributed by atoms with E-state index in [0.717, 1.165) is 16.3 Å². The zero-order valence-electron chi connectivity index (χ0n) is 15.8. The lowest BCUT2D eigenvalue weighted by Gasteiger charge is -2.10. The molecule has 0 fully saturated rings. The summed E-state index contributed by atoms with van der Waals surface area (Å²) < 4.78 is 5.67.